The van der Waals surface area contributed by atoms with Gasteiger partial charge < -0.3 is 15.1 Å². The standard InChI is InChI=1S/C19H38N4.HI/c1-5-17(6-2)18-10-14-23(15-18)19(20-3)21-11-7-16-8-12-22(4)13-9-16;/h16-18H,5-15H2,1-4H3,(H,20,21);1H. The Bertz CT molecular complexity index is 362. The summed E-state index contributed by atoms with van der Waals surface area (Å²) in [6, 6.07) is 0. The normalized spacial score (nSPS) is 23.6. The molecule has 0 radical (unpaired) electrons. The minimum atomic E-state index is 0. The second-order valence-corrected chi connectivity index (χ2v) is 7.58. The first-order chi connectivity index (χ1) is 11.2. The van der Waals surface area contributed by atoms with Crippen molar-refractivity contribution in [3.05, 3.63) is 0 Å². The lowest BCUT2D eigenvalue weighted by atomic mass is 9.87. The average molecular weight is 450 g/mol. The predicted molar refractivity (Wildman–Crippen MR) is 115 cm³/mol. The zero-order chi connectivity index (χ0) is 16.7. The molecule has 4 nitrogen and oxygen atoms in total. The fraction of sp³-hybridized carbons (Fsp3) is 0.947. The molecule has 142 valence electrons. The maximum absolute atomic E-state index is 4.53. The first kappa shape index (κ1) is 22.0. The van der Waals surface area contributed by atoms with Crippen molar-refractivity contribution in [2.75, 3.05) is 46.8 Å². The third-order valence-electron chi connectivity index (χ3n) is 6.13. The van der Waals surface area contributed by atoms with Gasteiger partial charge in [0.15, 0.2) is 5.96 Å². The van der Waals surface area contributed by atoms with E-state index in [0.717, 1.165) is 30.3 Å². The maximum Gasteiger partial charge on any atom is 0.193 e. The Morgan fingerprint density at radius 1 is 1.12 bits per heavy atom. The summed E-state index contributed by atoms with van der Waals surface area (Å²) in [4.78, 5) is 9.47. The third kappa shape index (κ3) is 6.36. The fourth-order valence-corrected chi connectivity index (χ4v) is 4.39. The Labute approximate surface area is 166 Å². The van der Waals surface area contributed by atoms with E-state index in [4.69, 9.17) is 0 Å². The second kappa shape index (κ2) is 11.6. The number of guanidine groups is 1. The average Bonchev–Trinajstić information content (AvgIpc) is 3.04. The van der Waals surface area contributed by atoms with Crippen molar-refractivity contribution in [2.45, 2.75) is 52.4 Å². The molecule has 1 N–H and O–H groups in total. The van der Waals surface area contributed by atoms with E-state index in [9.17, 15) is 0 Å². The Balaban J connectivity index is 0.00000288. The van der Waals surface area contributed by atoms with Crippen LogP contribution in [-0.2, 0) is 0 Å². The van der Waals surface area contributed by atoms with E-state index in [1.165, 1.54) is 64.7 Å². The van der Waals surface area contributed by atoms with E-state index in [1.54, 1.807) is 0 Å². The molecule has 24 heavy (non-hydrogen) atoms. The molecular weight excluding hydrogens is 411 g/mol. The van der Waals surface area contributed by atoms with Gasteiger partial charge >= 0.3 is 0 Å². The monoisotopic (exact) mass is 450 g/mol. The van der Waals surface area contributed by atoms with Crippen LogP contribution in [0.5, 0.6) is 0 Å². The van der Waals surface area contributed by atoms with E-state index in [1.807, 2.05) is 7.05 Å². The molecular formula is C19H39IN4. The molecule has 1 unspecified atom stereocenters. The van der Waals surface area contributed by atoms with Gasteiger partial charge in [-0.2, -0.15) is 0 Å². The minimum Gasteiger partial charge on any atom is -0.356 e. The summed E-state index contributed by atoms with van der Waals surface area (Å²) < 4.78 is 0. The van der Waals surface area contributed by atoms with Crippen LogP contribution in [0.25, 0.3) is 0 Å². The molecule has 2 aliphatic rings. The molecule has 0 amide bonds. The highest BCUT2D eigenvalue weighted by atomic mass is 127. The fourth-order valence-electron chi connectivity index (χ4n) is 4.39. The molecule has 0 spiro atoms. The summed E-state index contributed by atoms with van der Waals surface area (Å²) in [5.41, 5.74) is 0. The summed E-state index contributed by atoms with van der Waals surface area (Å²) in [6.45, 7) is 10.7. The lowest BCUT2D eigenvalue weighted by molar-refractivity contribution is 0.212. The van der Waals surface area contributed by atoms with Gasteiger partial charge in [0.2, 0.25) is 0 Å². The van der Waals surface area contributed by atoms with Crippen molar-refractivity contribution in [3.63, 3.8) is 0 Å². The highest BCUT2D eigenvalue weighted by Gasteiger charge is 2.29. The van der Waals surface area contributed by atoms with Gasteiger partial charge in [-0.3, -0.25) is 4.99 Å². The maximum atomic E-state index is 4.53. The molecule has 2 heterocycles. The van der Waals surface area contributed by atoms with Crippen LogP contribution in [0.1, 0.15) is 52.4 Å². The van der Waals surface area contributed by atoms with E-state index in [2.05, 4.69) is 41.0 Å². The highest BCUT2D eigenvalue weighted by molar-refractivity contribution is 14.0. The van der Waals surface area contributed by atoms with Crippen LogP contribution in [0.15, 0.2) is 4.99 Å². The quantitative estimate of drug-likeness (QED) is 0.381. The molecule has 2 fully saturated rings. The van der Waals surface area contributed by atoms with E-state index < -0.39 is 0 Å². The van der Waals surface area contributed by atoms with Crippen molar-refractivity contribution in [1.82, 2.24) is 15.1 Å². The number of piperidine rings is 1. The van der Waals surface area contributed by atoms with E-state index in [-0.39, 0.29) is 24.0 Å². The summed E-state index contributed by atoms with van der Waals surface area (Å²) in [5.74, 6) is 3.77. The number of halogens is 1. The van der Waals surface area contributed by atoms with Crippen LogP contribution >= 0.6 is 24.0 Å². The first-order valence-corrected chi connectivity index (χ1v) is 9.82. The van der Waals surface area contributed by atoms with Gasteiger partial charge in [0, 0.05) is 26.7 Å². The van der Waals surface area contributed by atoms with Crippen LogP contribution in [0.4, 0.5) is 0 Å². The van der Waals surface area contributed by atoms with Crippen LogP contribution in [-0.4, -0.2) is 62.6 Å². The van der Waals surface area contributed by atoms with Crippen molar-refractivity contribution in [3.8, 4) is 0 Å². The third-order valence-corrected chi connectivity index (χ3v) is 6.13. The molecule has 0 aromatic carbocycles. The van der Waals surface area contributed by atoms with E-state index >= 15 is 0 Å². The first-order valence-electron chi connectivity index (χ1n) is 9.82. The minimum absolute atomic E-state index is 0. The summed E-state index contributed by atoms with van der Waals surface area (Å²) >= 11 is 0. The van der Waals surface area contributed by atoms with E-state index in [0.29, 0.717) is 0 Å². The summed E-state index contributed by atoms with van der Waals surface area (Å²) in [5, 5.41) is 3.63. The molecule has 0 aliphatic carbocycles. The number of hydrogen-bond acceptors (Lipinski definition) is 2. The molecule has 2 aliphatic heterocycles. The molecule has 5 heteroatoms. The number of rotatable bonds is 6. The topological polar surface area (TPSA) is 30.9 Å². The van der Waals surface area contributed by atoms with Gasteiger partial charge in [0.25, 0.3) is 0 Å². The van der Waals surface area contributed by atoms with Gasteiger partial charge in [0.05, 0.1) is 0 Å². The van der Waals surface area contributed by atoms with Crippen LogP contribution in [0, 0.1) is 17.8 Å². The number of nitrogens with zero attached hydrogens (tertiary/aromatic N) is 3. The lowest BCUT2D eigenvalue weighted by Gasteiger charge is -2.29. The number of nitrogens with one attached hydrogen (secondary N) is 1. The molecule has 1 atom stereocenters. The van der Waals surface area contributed by atoms with Crippen LogP contribution < -0.4 is 5.32 Å². The summed E-state index contributed by atoms with van der Waals surface area (Å²) in [6.07, 6.45) is 7.97. The van der Waals surface area contributed by atoms with Gasteiger partial charge in [0.1, 0.15) is 0 Å². The van der Waals surface area contributed by atoms with Gasteiger partial charge in [-0.15, -0.1) is 24.0 Å². The molecule has 2 rings (SSSR count). The number of hydrogen-bond donors (Lipinski definition) is 1. The molecule has 2 saturated heterocycles. The number of likely N-dealkylation sites (tertiary alicyclic amines) is 2. The largest absolute Gasteiger partial charge is 0.356 e. The van der Waals surface area contributed by atoms with Crippen molar-refractivity contribution in [2.24, 2.45) is 22.7 Å². The zero-order valence-corrected chi connectivity index (χ0v) is 18.6. The highest BCUT2D eigenvalue weighted by Crippen LogP contribution is 2.28. The van der Waals surface area contributed by atoms with Gasteiger partial charge in [-0.1, -0.05) is 26.7 Å². The van der Waals surface area contributed by atoms with Gasteiger partial charge in [-0.05, 0) is 63.6 Å². The predicted octanol–water partition coefficient (Wildman–Crippen LogP) is 3.67. The van der Waals surface area contributed by atoms with Crippen LogP contribution in [0.3, 0.4) is 0 Å². The van der Waals surface area contributed by atoms with Gasteiger partial charge in [-0.25, -0.2) is 0 Å². The molecule has 0 bridgehead atoms. The smallest absolute Gasteiger partial charge is 0.193 e. The number of aliphatic imine (C=N–C) groups is 1. The summed E-state index contributed by atoms with van der Waals surface area (Å²) in [7, 11) is 4.17. The molecule has 0 aromatic heterocycles. The Kier molecular flexibility index (Phi) is 10.6. The Hall–Kier alpha value is -0.0400. The molecule has 0 aromatic rings. The van der Waals surface area contributed by atoms with Crippen molar-refractivity contribution >= 4 is 29.9 Å². The van der Waals surface area contributed by atoms with Crippen LogP contribution in [0.2, 0.25) is 0 Å². The Morgan fingerprint density at radius 3 is 2.38 bits per heavy atom. The van der Waals surface area contributed by atoms with Crippen molar-refractivity contribution in [1.29, 1.82) is 0 Å². The zero-order valence-electron chi connectivity index (χ0n) is 16.3. The second-order valence-electron chi connectivity index (χ2n) is 7.58. The Morgan fingerprint density at radius 2 is 1.79 bits per heavy atom. The van der Waals surface area contributed by atoms with Crippen molar-refractivity contribution < 1.29 is 0 Å². The SMILES string of the molecule is CCC(CC)C1CCN(C(=NC)NCCC2CCN(C)CC2)C1.I. The molecule has 0 saturated carbocycles. The lowest BCUT2D eigenvalue weighted by Crippen LogP contribution is -2.41.